The number of rotatable bonds is 10. The van der Waals surface area contributed by atoms with Crippen molar-refractivity contribution in [3.63, 3.8) is 0 Å². The molecule has 0 fully saturated rings. The van der Waals surface area contributed by atoms with E-state index < -0.39 is 15.9 Å². The minimum absolute atomic E-state index is 0.0524. The molecule has 0 saturated carbocycles. The lowest BCUT2D eigenvalue weighted by molar-refractivity contribution is 0.0977. The Morgan fingerprint density at radius 2 is 2.04 bits per heavy atom. The van der Waals surface area contributed by atoms with Crippen LogP contribution >= 0.6 is 11.6 Å². The highest BCUT2D eigenvalue weighted by atomic mass is 35.5. The molecule has 0 saturated heterocycles. The molecule has 0 radical (unpaired) electrons. The van der Waals surface area contributed by atoms with E-state index in [1.54, 1.807) is 17.6 Å². The smallest absolute Gasteiger partial charge is 0.284 e. The molecule has 0 bridgehead atoms. The van der Waals surface area contributed by atoms with Crippen molar-refractivity contribution in [2.75, 3.05) is 12.4 Å². The highest BCUT2D eigenvalue weighted by Gasteiger charge is 2.19. The Bertz CT molecular complexity index is 925. The summed E-state index contributed by atoms with van der Waals surface area (Å²) in [5.74, 6) is 0.470. The van der Waals surface area contributed by atoms with Crippen LogP contribution in [0.4, 0.5) is 0 Å². The molecule has 9 heteroatoms. The standard InChI is InChI=1S/C19H26ClN3O4S/c1-4-6-10-28(25,26)22-19(24)18-13-23(14(3)21-18)12-15-7-8-16(11-17(15)20)27-9-5-2/h7-8,11,13H,4-6,9-10,12H2,1-3H3,(H,22,24). The lowest BCUT2D eigenvalue weighted by Crippen LogP contribution is -2.32. The van der Waals surface area contributed by atoms with Crippen LogP contribution in [-0.4, -0.2) is 36.2 Å². The zero-order valence-electron chi connectivity index (χ0n) is 16.4. The summed E-state index contributed by atoms with van der Waals surface area (Å²) in [5, 5.41) is 0.551. The fourth-order valence-corrected chi connectivity index (χ4v) is 3.89. The van der Waals surface area contributed by atoms with Crippen molar-refractivity contribution >= 4 is 27.5 Å². The minimum atomic E-state index is -3.66. The van der Waals surface area contributed by atoms with Gasteiger partial charge in [-0.25, -0.2) is 18.1 Å². The van der Waals surface area contributed by atoms with E-state index in [2.05, 4.69) is 9.71 Å². The number of nitrogens with zero attached hydrogens (tertiary/aromatic N) is 2. The molecule has 0 atom stereocenters. The summed E-state index contributed by atoms with van der Waals surface area (Å²) in [7, 11) is -3.66. The number of sulfonamides is 1. The van der Waals surface area contributed by atoms with E-state index in [1.807, 2.05) is 26.0 Å². The van der Waals surface area contributed by atoms with E-state index >= 15 is 0 Å². The SMILES string of the molecule is CCCCS(=O)(=O)NC(=O)c1cn(Cc2ccc(OCCC)cc2Cl)c(C)n1. The Hall–Kier alpha value is -2.06. The number of unbranched alkanes of at least 4 members (excludes halogenated alkanes) is 1. The normalized spacial score (nSPS) is 11.4. The summed E-state index contributed by atoms with van der Waals surface area (Å²) >= 11 is 6.34. The van der Waals surface area contributed by atoms with Crippen LogP contribution in [0.15, 0.2) is 24.4 Å². The number of carbonyl (C=O) groups is 1. The van der Waals surface area contributed by atoms with Crippen molar-refractivity contribution in [1.82, 2.24) is 14.3 Å². The first-order chi connectivity index (χ1) is 13.3. The van der Waals surface area contributed by atoms with Gasteiger partial charge < -0.3 is 9.30 Å². The molecule has 0 unspecified atom stereocenters. The predicted octanol–water partition coefficient (Wildman–Crippen LogP) is 3.54. The molecular formula is C19H26ClN3O4S. The zero-order chi connectivity index (χ0) is 20.7. The number of imidazole rings is 1. The van der Waals surface area contributed by atoms with Crippen LogP contribution < -0.4 is 9.46 Å². The van der Waals surface area contributed by atoms with Gasteiger partial charge in [0.25, 0.3) is 5.91 Å². The van der Waals surface area contributed by atoms with Gasteiger partial charge in [0.15, 0.2) is 0 Å². The Labute approximate surface area is 171 Å². The largest absolute Gasteiger partial charge is 0.494 e. The maximum absolute atomic E-state index is 12.2. The van der Waals surface area contributed by atoms with Crippen LogP contribution in [-0.2, 0) is 16.6 Å². The third-order valence-electron chi connectivity index (χ3n) is 4.06. The van der Waals surface area contributed by atoms with Crippen molar-refractivity contribution in [2.24, 2.45) is 0 Å². The van der Waals surface area contributed by atoms with Crippen molar-refractivity contribution in [3.05, 3.63) is 46.5 Å². The summed E-state index contributed by atoms with van der Waals surface area (Å²) in [6, 6.07) is 5.46. The van der Waals surface area contributed by atoms with Crippen LogP contribution in [0.25, 0.3) is 0 Å². The second kappa shape index (κ2) is 9.93. The molecule has 0 aliphatic rings. The molecule has 0 aliphatic heterocycles. The van der Waals surface area contributed by atoms with Crippen LogP contribution in [0.5, 0.6) is 5.75 Å². The van der Waals surface area contributed by atoms with Crippen LogP contribution in [0.1, 0.15) is 55.0 Å². The van der Waals surface area contributed by atoms with Gasteiger partial charge in [0.05, 0.1) is 18.9 Å². The van der Waals surface area contributed by atoms with E-state index in [9.17, 15) is 13.2 Å². The third-order valence-corrected chi connectivity index (χ3v) is 5.74. The number of ether oxygens (including phenoxy) is 1. The number of nitrogens with one attached hydrogen (secondary N) is 1. The van der Waals surface area contributed by atoms with Gasteiger partial charge in [-0.2, -0.15) is 0 Å². The van der Waals surface area contributed by atoms with Gasteiger partial charge in [0.1, 0.15) is 17.3 Å². The Balaban J connectivity index is 2.11. The van der Waals surface area contributed by atoms with Crippen LogP contribution in [0, 0.1) is 6.92 Å². The van der Waals surface area contributed by atoms with E-state index in [0.717, 1.165) is 18.4 Å². The monoisotopic (exact) mass is 427 g/mol. The molecule has 2 aromatic rings. The molecular weight excluding hydrogens is 402 g/mol. The number of hydrogen-bond donors (Lipinski definition) is 1. The third kappa shape index (κ3) is 6.24. The molecule has 28 heavy (non-hydrogen) atoms. The van der Waals surface area contributed by atoms with Gasteiger partial charge in [0, 0.05) is 11.2 Å². The Morgan fingerprint density at radius 3 is 2.68 bits per heavy atom. The molecule has 154 valence electrons. The molecule has 1 N–H and O–H groups in total. The highest BCUT2D eigenvalue weighted by molar-refractivity contribution is 7.90. The van der Waals surface area contributed by atoms with E-state index in [4.69, 9.17) is 16.3 Å². The maximum atomic E-state index is 12.2. The lowest BCUT2D eigenvalue weighted by atomic mass is 10.2. The molecule has 1 aromatic carbocycles. The van der Waals surface area contributed by atoms with Crippen molar-refractivity contribution in [3.8, 4) is 5.75 Å². The first kappa shape index (κ1) is 22.2. The van der Waals surface area contributed by atoms with Gasteiger partial charge >= 0.3 is 0 Å². The van der Waals surface area contributed by atoms with Crippen LogP contribution in [0.2, 0.25) is 5.02 Å². The van der Waals surface area contributed by atoms with Crippen LogP contribution in [0.3, 0.4) is 0 Å². The van der Waals surface area contributed by atoms with Gasteiger partial charge in [-0.05, 0) is 37.5 Å². The number of benzene rings is 1. The first-order valence-corrected chi connectivity index (χ1v) is 11.3. The fourth-order valence-electron chi connectivity index (χ4n) is 2.51. The highest BCUT2D eigenvalue weighted by Crippen LogP contribution is 2.24. The van der Waals surface area contributed by atoms with Crippen molar-refractivity contribution < 1.29 is 17.9 Å². The summed E-state index contributed by atoms with van der Waals surface area (Å²) in [5.41, 5.74) is 0.894. The van der Waals surface area contributed by atoms with Crippen molar-refractivity contribution in [1.29, 1.82) is 0 Å². The number of amides is 1. The summed E-state index contributed by atoms with van der Waals surface area (Å²) in [4.78, 5) is 16.4. The second-order valence-electron chi connectivity index (χ2n) is 6.51. The summed E-state index contributed by atoms with van der Waals surface area (Å²) in [6.45, 7) is 6.68. The Morgan fingerprint density at radius 1 is 1.29 bits per heavy atom. The maximum Gasteiger partial charge on any atom is 0.284 e. The number of halogens is 1. The first-order valence-electron chi connectivity index (χ1n) is 9.25. The minimum Gasteiger partial charge on any atom is -0.494 e. The van der Waals surface area contributed by atoms with E-state index in [-0.39, 0.29) is 11.4 Å². The van der Waals surface area contributed by atoms with Gasteiger partial charge in [-0.15, -0.1) is 0 Å². The molecule has 2 rings (SSSR count). The fraction of sp³-hybridized carbons (Fsp3) is 0.474. The zero-order valence-corrected chi connectivity index (χ0v) is 17.9. The molecule has 7 nitrogen and oxygen atoms in total. The molecule has 1 heterocycles. The number of aryl methyl sites for hydroxylation is 1. The number of carbonyl (C=O) groups excluding carboxylic acids is 1. The topological polar surface area (TPSA) is 90.3 Å². The van der Waals surface area contributed by atoms with Gasteiger partial charge in [0.2, 0.25) is 10.0 Å². The second-order valence-corrected chi connectivity index (χ2v) is 8.76. The Kier molecular flexibility index (Phi) is 7.88. The number of aromatic nitrogens is 2. The van der Waals surface area contributed by atoms with Gasteiger partial charge in [-0.3, -0.25) is 4.79 Å². The molecule has 0 aliphatic carbocycles. The quantitative estimate of drug-likeness (QED) is 0.626. The average molecular weight is 428 g/mol. The average Bonchev–Trinajstić information content (AvgIpc) is 3.01. The van der Waals surface area contributed by atoms with Gasteiger partial charge in [-0.1, -0.05) is 37.9 Å². The molecule has 1 amide bonds. The summed E-state index contributed by atoms with van der Waals surface area (Å²) in [6.07, 6.45) is 3.66. The van der Waals surface area contributed by atoms with Crippen molar-refractivity contribution in [2.45, 2.75) is 46.6 Å². The van der Waals surface area contributed by atoms with E-state index in [0.29, 0.717) is 36.2 Å². The molecule has 1 aromatic heterocycles. The lowest BCUT2D eigenvalue weighted by Gasteiger charge is -2.10. The summed E-state index contributed by atoms with van der Waals surface area (Å²) < 4.78 is 33.2. The van der Waals surface area contributed by atoms with E-state index in [1.165, 1.54) is 6.20 Å². The number of hydrogen-bond acceptors (Lipinski definition) is 5. The molecule has 0 spiro atoms. The predicted molar refractivity (Wildman–Crippen MR) is 109 cm³/mol.